The summed E-state index contributed by atoms with van der Waals surface area (Å²) in [6.45, 7) is 6.21. The van der Waals surface area contributed by atoms with Crippen molar-refractivity contribution in [1.82, 2.24) is 5.16 Å². The van der Waals surface area contributed by atoms with Crippen molar-refractivity contribution >= 4 is 0 Å². The van der Waals surface area contributed by atoms with Gasteiger partial charge in [0, 0.05) is 17.7 Å². The van der Waals surface area contributed by atoms with Gasteiger partial charge in [-0.25, -0.2) is 0 Å². The van der Waals surface area contributed by atoms with Gasteiger partial charge in [0.2, 0.25) is 0 Å². The van der Waals surface area contributed by atoms with Crippen LogP contribution < -0.4 is 10.5 Å². The van der Waals surface area contributed by atoms with Gasteiger partial charge in [0.25, 0.3) is 0 Å². The quantitative estimate of drug-likeness (QED) is 0.901. The zero-order valence-electron chi connectivity index (χ0n) is 10.9. The van der Waals surface area contributed by atoms with Crippen LogP contribution in [0.2, 0.25) is 0 Å². The number of aryl methyl sites for hydroxylation is 2. The van der Waals surface area contributed by atoms with Crippen molar-refractivity contribution in [3.63, 3.8) is 0 Å². The number of rotatable bonds is 4. The summed E-state index contributed by atoms with van der Waals surface area (Å²) in [5.41, 5.74) is 8.91. The van der Waals surface area contributed by atoms with Gasteiger partial charge in [-0.1, -0.05) is 17.3 Å². The first-order valence-electron chi connectivity index (χ1n) is 5.97. The summed E-state index contributed by atoms with van der Waals surface area (Å²) in [5, 5.41) is 3.82. The second-order valence-electron chi connectivity index (χ2n) is 4.55. The summed E-state index contributed by atoms with van der Waals surface area (Å²) >= 11 is 0. The Morgan fingerprint density at radius 2 is 2.11 bits per heavy atom. The molecule has 18 heavy (non-hydrogen) atoms. The van der Waals surface area contributed by atoms with Crippen LogP contribution in [0.25, 0.3) is 0 Å². The third kappa shape index (κ3) is 2.90. The van der Waals surface area contributed by atoms with E-state index >= 15 is 0 Å². The van der Waals surface area contributed by atoms with Gasteiger partial charge in [-0.2, -0.15) is 0 Å². The van der Waals surface area contributed by atoms with Crippen LogP contribution in [0.1, 0.15) is 35.5 Å². The van der Waals surface area contributed by atoms with Gasteiger partial charge in [0.15, 0.2) is 5.76 Å². The Balaban J connectivity index is 2.15. The first kappa shape index (κ1) is 12.6. The number of ether oxygens (including phenoxy) is 1. The Hall–Kier alpha value is -1.81. The Bertz CT molecular complexity index is 532. The Kier molecular flexibility index (Phi) is 3.67. The molecule has 1 heterocycles. The van der Waals surface area contributed by atoms with E-state index in [-0.39, 0.29) is 6.04 Å². The van der Waals surface area contributed by atoms with E-state index in [1.54, 1.807) is 0 Å². The first-order chi connectivity index (χ1) is 8.56. The van der Waals surface area contributed by atoms with E-state index < -0.39 is 0 Å². The molecule has 0 saturated carbocycles. The van der Waals surface area contributed by atoms with E-state index in [2.05, 4.69) is 5.16 Å². The van der Waals surface area contributed by atoms with Crippen molar-refractivity contribution in [3.05, 3.63) is 46.8 Å². The highest BCUT2D eigenvalue weighted by Gasteiger charge is 2.09. The molecule has 0 amide bonds. The molecular weight excluding hydrogens is 228 g/mol. The molecule has 0 radical (unpaired) electrons. The molecule has 0 aliphatic carbocycles. The van der Waals surface area contributed by atoms with E-state index in [0.717, 1.165) is 22.6 Å². The molecular formula is C14H18N2O2. The van der Waals surface area contributed by atoms with Gasteiger partial charge in [0.05, 0.1) is 5.69 Å². The van der Waals surface area contributed by atoms with Crippen LogP contribution in [0.5, 0.6) is 5.75 Å². The zero-order valence-corrected chi connectivity index (χ0v) is 10.9. The van der Waals surface area contributed by atoms with E-state index in [1.807, 2.05) is 45.0 Å². The van der Waals surface area contributed by atoms with Gasteiger partial charge in [0.1, 0.15) is 12.4 Å². The van der Waals surface area contributed by atoms with Crippen LogP contribution in [0.15, 0.2) is 28.8 Å². The molecule has 0 saturated heterocycles. The SMILES string of the molecule is Cc1ccc([C@@H](C)N)c(OCc2cc(C)no2)c1. The minimum atomic E-state index is -0.0583. The van der Waals surface area contributed by atoms with Gasteiger partial charge >= 0.3 is 0 Å². The highest BCUT2D eigenvalue weighted by molar-refractivity contribution is 5.39. The Morgan fingerprint density at radius 1 is 1.33 bits per heavy atom. The third-order valence-corrected chi connectivity index (χ3v) is 2.71. The van der Waals surface area contributed by atoms with Crippen molar-refractivity contribution in [1.29, 1.82) is 0 Å². The molecule has 1 aromatic carbocycles. The molecule has 0 aliphatic rings. The molecule has 1 aromatic heterocycles. The van der Waals surface area contributed by atoms with Crippen molar-refractivity contribution in [2.75, 3.05) is 0 Å². The predicted molar refractivity (Wildman–Crippen MR) is 69.4 cm³/mol. The molecule has 0 bridgehead atoms. The largest absolute Gasteiger partial charge is 0.485 e. The van der Waals surface area contributed by atoms with Crippen molar-refractivity contribution < 1.29 is 9.26 Å². The zero-order chi connectivity index (χ0) is 13.1. The Labute approximate surface area is 107 Å². The fourth-order valence-corrected chi connectivity index (χ4v) is 1.78. The summed E-state index contributed by atoms with van der Waals surface area (Å²) < 4.78 is 10.9. The minimum absolute atomic E-state index is 0.0583. The summed E-state index contributed by atoms with van der Waals surface area (Å²) in [6.07, 6.45) is 0. The predicted octanol–water partition coefficient (Wildman–Crippen LogP) is 2.89. The fourth-order valence-electron chi connectivity index (χ4n) is 1.78. The number of aromatic nitrogens is 1. The average Bonchev–Trinajstić information content (AvgIpc) is 2.72. The highest BCUT2D eigenvalue weighted by atomic mass is 16.5. The van der Waals surface area contributed by atoms with Crippen molar-refractivity contribution in [3.8, 4) is 5.75 Å². The van der Waals surface area contributed by atoms with Gasteiger partial charge in [-0.15, -0.1) is 0 Å². The lowest BCUT2D eigenvalue weighted by Crippen LogP contribution is -2.08. The smallest absolute Gasteiger partial charge is 0.174 e. The summed E-state index contributed by atoms with van der Waals surface area (Å²) in [7, 11) is 0. The maximum atomic E-state index is 5.92. The molecule has 0 unspecified atom stereocenters. The van der Waals surface area contributed by atoms with Crippen molar-refractivity contribution in [2.45, 2.75) is 33.4 Å². The van der Waals surface area contributed by atoms with Crippen molar-refractivity contribution in [2.24, 2.45) is 5.73 Å². The van der Waals surface area contributed by atoms with E-state index in [9.17, 15) is 0 Å². The highest BCUT2D eigenvalue weighted by Crippen LogP contribution is 2.26. The van der Waals surface area contributed by atoms with E-state index in [0.29, 0.717) is 12.4 Å². The topological polar surface area (TPSA) is 61.3 Å². The van der Waals surface area contributed by atoms with E-state index in [4.69, 9.17) is 15.0 Å². The molecule has 0 fully saturated rings. The minimum Gasteiger partial charge on any atom is -0.485 e. The number of nitrogens with two attached hydrogens (primary N) is 1. The van der Waals surface area contributed by atoms with Gasteiger partial charge in [-0.05, 0) is 32.4 Å². The lowest BCUT2D eigenvalue weighted by molar-refractivity contribution is 0.246. The lowest BCUT2D eigenvalue weighted by atomic mass is 10.1. The monoisotopic (exact) mass is 246 g/mol. The number of benzene rings is 1. The first-order valence-corrected chi connectivity index (χ1v) is 5.97. The standard InChI is InChI=1S/C14H18N2O2/c1-9-4-5-13(11(3)15)14(6-9)17-8-12-7-10(2)16-18-12/h4-7,11H,8,15H2,1-3H3/t11-/m1/s1. The molecule has 2 aromatic rings. The van der Waals surface area contributed by atoms with Gasteiger partial charge < -0.3 is 15.0 Å². The maximum absolute atomic E-state index is 5.92. The van der Waals surface area contributed by atoms with Crippen LogP contribution in [0, 0.1) is 13.8 Å². The summed E-state index contributed by atoms with van der Waals surface area (Å²) in [4.78, 5) is 0. The summed E-state index contributed by atoms with van der Waals surface area (Å²) in [6, 6.07) is 7.83. The molecule has 1 atom stereocenters. The van der Waals surface area contributed by atoms with E-state index in [1.165, 1.54) is 0 Å². The van der Waals surface area contributed by atoms with Crippen LogP contribution in [0.4, 0.5) is 0 Å². The maximum Gasteiger partial charge on any atom is 0.174 e. The number of nitrogens with zero attached hydrogens (tertiary/aromatic N) is 1. The summed E-state index contributed by atoms with van der Waals surface area (Å²) in [5.74, 6) is 1.52. The Morgan fingerprint density at radius 3 is 2.72 bits per heavy atom. The number of hydrogen-bond donors (Lipinski definition) is 1. The molecule has 0 aliphatic heterocycles. The second kappa shape index (κ2) is 5.23. The molecule has 2 N–H and O–H groups in total. The normalized spacial score (nSPS) is 12.4. The van der Waals surface area contributed by atoms with Crippen LogP contribution in [0.3, 0.4) is 0 Å². The van der Waals surface area contributed by atoms with Crippen LogP contribution in [-0.4, -0.2) is 5.16 Å². The molecule has 4 heteroatoms. The molecule has 0 spiro atoms. The lowest BCUT2D eigenvalue weighted by Gasteiger charge is -2.13. The second-order valence-corrected chi connectivity index (χ2v) is 4.55. The average molecular weight is 246 g/mol. The van der Waals surface area contributed by atoms with Crippen LogP contribution >= 0.6 is 0 Å². The van der Waals surface area contributed by atoms with Crippen LogP contribution in [-0.2, 0) is 6.61 Å². The fraction of sp³-hybridized carbons (Fsp3) is 0.357. The van der Waals surface area contributed by atoms with Gasteiger partial charge in [-0.3, -0.25) is 0 Å². The molecule has 2 rings (SSSR count). The number of hydrogen-bond acceptors (Lipinski definition) is 4. The third-order valence-electron chi connectivity index (χ3n) is 2.71. The molecule has 96 valence electrons. The molecule has 4 nitrogen and oxygen atoms in total.